The Bertz CT molecular complexity index is 1250. The highest BCUT2D eigenvalue weighted by Gasteiger charge is 2.51. The van der Waals surface area contributed by atoms with Gasteiger partial charge in [-0.25, -0.2) is 9.80 Å². The molecule has 0 aromatic heterocycles. The normalized spacial score (nSPS) is 19.3. The van der Waals surface area contributed by atoms with E-state index in [-0.39, 0.29) is 69.9 Å². The van der Waals surface area contributed by atoms with Crippen molar-refractivity contribution in [1.82, 2.24) is 25.1 Å². The van der Waals surface area contributed by atoms with Crippen molar-refractivity contribution in [2.75, 3.05) is 39.4 Å². The number of aromatic hydroxyl groups is 1. The first-order chi connectivity index (χ1) is 18.9. The van der Waals surface area contributed by atoms with Gasteiger partial charge in [-0.2, -0.15) is 5.01 Å². The molecule has 0 saturated carbocycles. The molecule has 2 saturated heterocycles. The second-order valence-electron chi connectivity index (χ2n) is 9.22. The SMILES string of the molecule is C#CCOCCN1C[C@H]2N(C(=O)CN(CC#C)N2C(=O)NCc2ccccc2)[C@@H](Cc2ccc(O)cc2)C1=O. The zero-order valence-electron chi connectivity index (χ0n) is 21.5. The van der Waals surface area contributed by atoms with Gasteiger partial charge in [-0.3, -0.25) is 9.59 Å². The largest absolute Gasteiger partial charge is 0.508 e. The molecule has 0 bridgehead atoms. The van der Waals surface area contributed by atoms with Crippen molar-refractivity contribution in [2.45, 2.75) is 25.2 Å². The van der Waals surface area contributed by atoms with Gasteiger partial charge in [0, 0.05) is 19.5 Å². The zero-order chi connectivity index (χ0) is 27.8. The molecule has 4 rings (SSSR count). The first kappa shape index (κ1) is 27.5. The van der Waals surface area contributed by atoms with Crippen molar-refractivity contribution in [2.24, 2.45) is 0 Å². The summed E-state index contributed by atoms with van der Waals surface area (Å²) < 4.78 is 5.41. The molecule has 0 aliphatic carbocycles. The van der Waals surface area contributed by atoms with Gasteiger partial charge in [0.25, 0.3) is 0 Å². The highest BCUT2D eigenvalue weighted by atomic mass is 16.5. The van der Waals surface area contributed by atoms with Crippen LogP contribution in [0.2, 0.25) is 0 Å². The Kier molecular flexibility index (Phi) is 9.06. The number of phenolic OH excluding ortho intramolecular Hbond substituents is 1. The minimum atomic E-state index is -0.870. The molecule has 4 amide bonds. The number of urea groups is 1. The minimum absolute atomic E-state index is 0.0384. The molecule has 2 aliphatic rings. The summed E-state index contributed by atoms with van der Waals surface area (Å²) in [5.74, 6) is 4.46. The fourth-order valence-corrected chi connectivity index (χ4v) is 4.85. The van der Waals surface area contributed by atoms with Crippen LogP contribution in [0.5, 0.6) is 5.75 Å². The van der Waals surface area contributed by atoms with Gasteiger partial charge in [-0.15, -0.1) is 12.8 Å². The van der Waals surface area contributed by atoms with E-state index in [4.69, 9.17) is 17.6 Å². The molecule has 2 aromatic rings. The number of rotatable bonds is 9. The van der Waals surface area contributed by atoms with Crippen molar-refractivity contribution in [3.63, 3.8) is 0 Å². The fourth-order valence-electron chi connectivity index (χ4n) is 4.85. The lowest BCUT2D eigenvalue weighted by atomic mass is 9.98. The molecular weight excluding hydrogens is 498 g/mol. The number of nitrogens with zero attached hydrogens (tertiary/aromatic N) is 4. The lowest BCUT2D eigenvalue weighted by Gasteiger charge is -2.54. The molecule has 2 heterocycles. The van der Waals surface area contributed by atoms with Crippen molar-refractivity contribution in [1.29, 1.82) is 0 Å². The average Bonchev–Trinajstić information content (AvgIpc) is 2.93. The second-order valence-corrected chi connectivity index (χ2v) is 9.22. The number of carbonyl (C=O) groups is 3. The molecule has 2 N–H and O–H groups in total. The maximum atomic E-state index is 13.7. The van der Waals surface area contributed by atoms with Gasteiger partial charge >= 0.3 is 6.03 Å². The van der Waals surface area contributed by atoms with E-state index in [9.17, 15) is 19.5 Å². The van der Waals surface area contributed by atoms with E-state index < -0.39 is 18.2 Å². The van der Waals surface area contributed by atoms with Crippen molar-refractivity contribution < 1.29 is 24.2 Å². The Morgan fingerprint density at radius 2 is 1.79 bits per heavy atom. The number of benzene rings is 2. The van der Waals surface area contributed by atoms with E-state index >= 15 is 0 Å². The van der Waals surface area contributed by atoms with Crippen LogP contribution in [-0.4, -0.2) is 94.4 Å². The molecular formula is C29H31N5O5. The van der Waals surface area contributed by atoms with Gasteiger partial charge in [-0.1, -0.05) is 54.3 Å². The van der Waals surface area contributed by atoms with Crippen LogP contribution in [0.3, 0.4) is 0 Å². The topological polar surface area (TPSA) is 106 Å². The molecule has 0 unspecified atom stereocenters. The fraction of sp³-hybridized carbons (Fsp3) is 0.345. The Morgan fingerprint density at radius 1 is 1.05 bits per heavy atom. The first-order valence-electron chi connectivity index (χ1n) is 12.6. The Labute approximate surface area is 228 Å². The number of fused-ring (bicyclic) bond motifs is 1. The van der Waals surface area contributed by atoms with Crippen LogP contribution in [-0.2, 0) is 27.3 Å². The van der Waals surface area contributed by atoms with Crippen LogP contribution in [0.15, 0.2) is 54.6 Å². The molecule has 202 valence electrons. The van der Waals surface area contributed by atoms with Crippen LogP contribution in [0.1, 0.15) is 11.1 Å². The molecule has 10 nitrogen and oxygen atoms in total. The van der Waals surface area contributed by atoms with Crippen molar-refractivity contribution in [3.05, 3.63) is 65.7 Å². The highest BCUT2D eigenvalue weighted by Crippen LogP contribution is 2.28. The van der Waals surface area contributed by atoms with E-state index in [1.165, 1.54) is 27.1 Å². The zero-order valence-corrected chi connectivity index (χ0v) is 21.5. The number of amides is 4. The van der Waals surface area contributed by atoms with Crippen molar-refractivity contribution >= 4 is 17.8 Å². The average molecular weight is 530 g/mol. The number of hydrazine groups is 1. The summed E-state index contributed by atoms with van der Waals surface area (Å²) in [5, 5.41) is 15.6. The number of hydrogen-bond acceptors (Lipinski definition) is 6. The molecule has 0 spiro atoms. The van der Waals surface area contributed by atoms with E-state index in [0.717, 1.165) is 11.1 Å². The molecule has 39 heavy (non-hydrogen) atoms. The third-order valence-electron chi connectivity index (χ3n) is 6.65. The van der Waals surface area contributed by atoms with Crippen LogP contribution in [0.4, 0.5) is 4.79 Å². The van der Waals surface area contributed by atoms with E-state index in [1.54, 1.807) is 17.0 Å². The third kappa shape index (κ3) is 6.50. The number of ether oxygens (including phenoxy) is 1. The summed E-state index contributed by atoms with van der Waals surface area (Å²) in [4.78, 5) is 43.8. The van der Waals surface area contributed by atoms with Gasteiger partial charge in [0.1, 0.15) is 24.6 Å². The maximum absolute atomic E-state index is 13.7. The summed E-state index contributed by atoms with van der Waals surface area (Å²) in [7, 11) is 0. The molecule has 2 fully saturated rings. The molecule has 0 radical (unpaired) electrons. The molecule has 2 aliphatic heterocycles. The highest BCUT2D eigenvalue weighted by molar-refractivity contribution is 5.91. The van der Waals surface area contributed by atoms with E-state index in [2.05, 4.69) is 17.2 Å². The standard InChI is InChI=1S/C29H31N5O5/c1-3-14-32-21-27(36)33-25(18-22-10-12-24(35)13-11-22)28(37)31(15-17-39-16-4-2)20-26(33)34(32)29(38)30-19-23-8-6-5-7-9-23/h1-2,5-13,25-26,35H,14-21H2,(H,30,38)/t25-,26-/m0/s1. The Balaban J connectivity index is 1.64. The van der Waals surface area contributed by atoms with E-state index in [0.29, 0.717) is 0 Å². The Morgan fingerprint density at radius 3 is 2.49 bits per heavy atom. The summed E-state index contributed by atoms with van der Waals surface area (Å²) in [6.45, 7) is 0.796. The number of phenols is 1. The summed E-state index contributed by atoms with van der Waals surface area (Å²) >= 11 is 0. The van der Waals surface area contributed by atoms with E-state index in [1.807, 2.05) is 30.3 Å². The van der Waals surface area contributed by atoms with Crippen LogP contribution in [0, 0.1) is 24.7 Å². The maximum Gasteiger partial charge on any atom is 0.334 e. The monoisotopic (exact) mass is 529 g/mol. The van der Waals surface area contributed by atoms with Crippen molar-refractivity contribution in [3.8, 4) is 30.4 Å². The third-order valence-corrected chi connectivity index (χ3v) is 6.65. The summed E-state index contributed by atoms with van der Waals surface area (Å²) in [6.07, 6.45) is 10.3. The van der Waals surface area contributed by atoms with Crippen LogP contribution >= 0.6 is 0 Å². The first-order valence-corrected chi connectivity index (χ1v) is 12.6. The number of hydrogen-bond donors (Lipinski definition) is 2. The van der Waals surface area contributed by atoms with Crippen LogP contribution < -0.4 is 5.32 Å². The predicted molar refractivity (Wildman–Crippen MR) is 143 cm³/mol. The number of piperazine rings is 1. The van der Waals surface area contributed by atoms with Gasteiger partial charge in [0.05, 0.1) is 26.2 Å². The number of nitrogens with one attached hydrogen (secondary N) is 1. The van der Waals surface area contributed by atoms with Gasteiger partial charge in [0.15, 0.2) is 0 Å². The predicted octanol–water partition coefficient (Wildman–Crippen LogP) is 1.03. The lowest BCUT2D eigenvalue weighted by molar-refractivity contribution is -0.189. The molecule has 2 aromatic carbocycles. The lowest BCUT2D eigenvalue weighted by Crippen LogP contribution is -2.76. The second kappa shape index (κ2) is 12.8. The summed E-state index contributed by atoms with van der Waals surface area (Å²) in [5.41, 5.74) is 1.67. The molecule has 2 atom stereocenters. The smallest absolute Gasteiger partial charge is 0.334 e. The number of carbonyl (C=O) groups excluding carboxylic acids is 3. The number of terminal acetylenes is 2. The van der Waals surface area contributed by atoms with Gasteiger partial charge in [0.2, 0.25) is 11.8 Å². The van der Waals surface area contributed by atoms with Crippen LogP contribution in [0.25, 0.3) is 0 Å². The quantitative estimate of drug-likeness (QED) is 0.371. The Hall–Kier alpha value is -4.51. The molecule has 10 heteroatoms. The summed E-state index contributed by atoms with van der Waals surface area (Å²) in [6, 6.07) is 14.6. The van der Waals surface area contributed by atoms with Gasteiger partial charge in [-0.05, 0) is 23.3 Å². The van der Waals surface area contributed by atoms with Gasteiger partial charge < -0.3 is 25.0 Å². The minimum Gasteiger partial charge on any atom is -0.508 e.